The molecule has 3 aromatic carbocycles. The van der Waals surface area contributed by atoms with Crippen molar-refractivity contribution in [1.82, 2.24) is 5.43 Å². The SMILES string of the molecule is Cc1cccc(C(=O)Oc2ccc(Br)cc2/C=N\NC(=O)[C@@H](C)Oc2ccc(Br)cc2)c1. The lowest BCUT2D eigenvalue weighted by Crippen LogP contribution is -2.33. The van der Waals surface area contributed by atoms with Crippen LogP contribution in [0.25, 0.3) is 0 Å². The predicted molar refractivity (Wildman–Crippen MR) is 130 cm³/mol. The standard InChI is InChI=1S/C24H20Br2N2O4/c1-15-4-3-5-17(12-15)24(30)32-22-11-8-20(26)13-18(22)14-27-28-23(29)16(2)31-21-9-6-19(25)7-10-21/h3-14,16H,1-2H3,(H,28,29)/b27-14-/t16-/m1/s1. The van der Waals surface area contributed by atoms with Crippen LogP contribution in [0.2, 0.25) is 0 Å². The Bertz CT molecular complexity index is 1150. The highest BCUT2D eigenvalue weighted by atomic mass is 79.9. The maximum atomic E-state index is 12.5. The van der Waals surface area contributed by atoms with Crippen LogP contribution in [0.1, 0.15) is 28.4 Å². The molecule has 8 heteroatoms. The molecule has 3 aromatic rings. The minimum Gasteiger partial charge on any atom is -0.481 e. The zero-order valence-electron chi connectivity index (χ0n) is 17.3. The minimum absolute atomic E-state index is 0.317. The van der Waals surface area contributed by atoms with Gasteiger partial charge in [-0.2, -0.15) is 5.10 Å². The maximum absolute atomic E-state index is 12.5. The molecule has 0 unspecified atom stereocenters. The summed E-state index contributed by atoms with van der Waals surface area (Å²) < 4.78 is 12.8. The second kappa shape index (κ2) is 11.1. The Balaban J connectivity index is 1.65. The van der Waals surface area contributed by atoms with E-state index in [1.54, 1.807) is 55.5 Å². The number of halogens is 2. The zero-order valence-corrected chi connectivity index (χ0v) is 20.5. The first-order valence-electron chi connectivity index (χ1n) is 9.65. The lowest BCUT2D eigenvalue weighted by molar-refractivity contribution is -0.127. The van der Waals surface area contributed by atoms with Crippen molar-refractivity contribution in [2.45, 2.75) is 20.0 Å². The van der Waals surface area contributed by atoms with Crippen molar-refractivity contribution in [3.63, 3.8) is 0 Å². The number of carbonyl (C=O) groups is 2. The molecule has 6 nitrogen and oxygen atoms in total. The number of rotatable bonds is 7. The number of nitrogens with zero attached hydrogens (tertiary/aromatic N) is 1. The number of aryl methyl sites for hydroxylation is 1. The number of hydrogen-bond donors (Lipinski definition) is 1. The minimum atomic E-state index is -0.755. The van der Waals surface area contributed by atoms with Crippen LogP contribution in [0, 0.1) is 6.92 Å². The number of nitrogens with one attached hydrogen (secondary N) is 1. The molecule has 0 heterocycles. The molecule has 1 atom stereocenters. The highest BCUT2D eigenvalue weighted by molar-refractivity contribution is 9.10. The molecule has 0 aliphatic carbocycles. The zero-order chi connectivity index (χ0) is 23.1. The van der Waals surface area contributed by atoms with Crippen molar-refractivity contribution in [3.05, 3.63) is 92.4 Å². The fraction of sp³-hybridized carbons (Fsp3) is 0.125. The van der Waals surface area contributed by atoms with Crippen molar-refractivity contribution in [1.29, 1.82) is 0 Å². The van der Waals surface area contributed by atoms with Crippen LogP contribution in [0.3, 0.4) is 0 Å². The fourth-order valence-corrected chi connectivity index (χ4v) is 3.31. The molecule has 32 heavy (non-hydrogen) atoms. The summed E-state index contributed by atoms with van der Waals surface area (Å²) in [4.78, 5) is 24.8. The van der Waals surface area contributed by atoms with Gasteiger partial charge in [0.05, 0.1) is 11.8 Å². The van der Waals surface area contributed by atoms with Gasteiger partial charge in [-0.1, -0.05) is 49.6 Å². The second-order valence-corrected chi connectivity index (χ2v) is 8.72. The van der Waals surface area contributed by atoms with Crippen molar-refractivity contribution < 1.29 is 19.1 Å². The monoisotopic (exact) mass is 558 g/mol. The van der Waals surface area contributed by atoms with E-state index in [0.717, 1.165) is 14.5 Å². The number of hydrogen-bond acceptors (Lipinski definition) is 5. The van der Waals surface area contributed by atoms with Crippen LogP contribution in [-0.2, 0) is 4.79 Å². The first-order chi connectivity index (χ1) is 15.3. The third-order valence-corrected chi connectivity index (χ3v) is 5.32. The molecule has 0 aliphatic rings. The Morgan fingerprint density at radius 1 is 1.00 bits per heavy atom. The van der Waals surface area contributed by atoms with Crippen LogP contribution in [-0.4, -0.2) is 24.2 Å². The average Bonchev–Trinajstić information content (AvgIpc) is 2.77. The first kappa shape index (κ1) is 23.7. The van der Waals surface area contributed by atoms with Gasteiger partial charge in [0.15, 0.2) is 6.10 Å². The summed E-state index contributed by atoms with van der Waals surface area (Å²) in [5.74, 6) is -0.0160. The molecule has 0 aromatic heterocycles. The van der Waals surface area contributed by atoms with E-state index in [9.17, 15) is 9.59 Å². The molecule has 0 saturated carbocycles. The third-order valence-electron chi connectivity index (χ3n) is 4.30. The molecular formula is C24H20Br2N2O4. The molecule has 0 fully saturated rings. The van der Waals surface area contributed by atoms with E-state index in [0.29, 0.717) is 22.6 Å². The van der Waals surface area contributed by atoms with Crippen molar-refractivity contribution in [2.24, 2.45) is 5.10 Å². The summed E-state index contributed by atoms with van der Waals surface area (Å²) in [6, 6.07) is 19.4. The average molecular weight is 560 g/mol. The summed E-state index contributed by atoms with van der Waals surface area (Å²) in [6.07, 6.45) is 0.655. The van der Waals surface area contributed by atoms with Gasteiger partial charge in [0.1, 0.15) is 11.5 Å². The Kier molecular flexibility index (Phi) is 8.19. The van der Waals surface area contributed by atoms with Gasteiger partial charge in [0, 0.05) is 14.5 Å². The number of amides is 1. The number of esters is 1. The quantitative estimate of drug-likeness (QED) is 0.175. The smallest absolute Gasteiger partial charge is 0.343 e. The van der Waals surface area contributed by atoms with Gasteiger partial charge in [-0.3, -0.25) is 4.79 Å². The maximum Gasteiger partial charge on any atom is 0.343 e. The molecule has 1 amide bonds. The summed E-state index contributed by atoms with van der Waals surface area (Å²) in [5, 5.41) is 3.99. The van der Waals surface area contributed by atoms with E-state index >= 15 is 0 Å². The number of ether oxygens (including phenoxy) is 2. The molecule has 0 bridgehead atoms. The van der Waals surface area contributed by atoms with Gasteiger partial charge >= 0.3 is 5.97 Å². The molecule has 0 aliphatic heterocycles. The third kappa shape index (κ3) is 6.77. The number of hydrazone groups is 1. The van der Waals surface area contributed by atoms with Crippen LogP contribution < -0.4 is 14.9 Å². The van der Waals surface area contributed by atoms with Crippen molar-refractivity contribution in [2.75, 3.05) is 0 Å². The highest BCUT2D eigenvalue weighted by Crippen LogP contribution is 2.23. The van der Waals surface area contributed by atoms with Gasteiger partial charge in [-0.25, -0.2) is 10.2 Å². The van der Waals surface area contributed by atoms with Crippen LogP contribution in [0.15, 0.2) is 80.8 Å². The van der Waals surface area contributed by atoms with Gasteiger partial charge < -0.3 is 9.47 Å². The lowest BCUT2D eigenvalue weighted by Gasteiger charge is -2.13. The van der Waals surface area contributed by atoms with Crippen LogP contribution >= 0.6 is 31.9 Å². The van der Waals surface area contributed by atoms with E-state index in [2.05, 4.69) is 42.4 Å². The largest absolute Gasteiger partial charge is 0.481 e. The van der Waals surface area contributed by atoms with E-state index in [1.807, 2.05) is 25.1 Å². The van der Waals surface area contributed by atoms with E-state index in [-0.39, 0.29) is 0 Å². The van der Waals surface area contributed by atoms with Crippen LogP contribution in [0.4, 0.5) is 0 Å². The van der Waals surface area contributed by atoms with E-state index in [1.165, 1.54) is 6.21 Å². The Morgan fingerprint density at radius 2 is 1.72 bits per heavy atom. The fourth-order valence-electron chi connectivity index (χ4n) is 2.67. The molecule has 164 valence electrons. The second-order valence-electron chi connectivity index (χ2n) is 6.89. The summed E-state index contributed by atoms with van der Waals surface area (Å²) >= 11 is 6.74. The normalized spacial score (nSPS) is 11.8. The topological polar surface area (TPSA) is 77.0 Å². The molecule has 0 radical (unpaired) electrons. The summed E-state index contributed by atoms with van der Waals surface area (Å²) in [6.45, 7) is 3.53. The molecule has 0 spiro atoms. The first-order valence-corrected chi connectivity index (χ1v) is 11.2. The number of benzene rings is 3. The Morgan fingerprint density at radius 3 is 2.44 bits per heavy atom. The van der Waals surface area contributed by atoms with E-state index < -0.39 is 18.0 Å². The number of carbonyl (C=O) groups excluding carboxylic acids is 2. The van der Waals surface area contributed by atoms with Gasteiger partial charge in [-0.15, -0.1) is 0 Å². The van der Waals surface area contributed by atoms with Crippen LogP contribution in [0.5, 0.6) is 11.5 Å². The van der Waals surface area contributed by atoms with Crippen molar-refractivity contribution >= 4 is 50.0 Å². The highest BCUT2D eigenvalue weighted by Gasteiger charge is 2.15. The Hall–Kier alpha value is -2.97. The lowest BCUT2D eigenvalue weighted by atomic mass is 10.1. The van der Waals surface area contributed by atoms with Crippen molar-refractivity contribution in [3.8, 4) is 11.5 Å². The van der Waals surface area contributed by atoms with E-state index in [4.69, 9.17) is 9.47 Å². The molecular weight excluding hydrogens is 540 g/mol. The summed E-state index contributed by atoms with van der Waals surface area (Å²) in [7, 11) is 0. The van der Waals surface area contributed by atoms with Gasteiger partial charge in [-0.05, 0) is 68.4 Å². The molecule has 0 saturated heterocycles. The predicted octanol–water partition coefficient (Wildman–Crippen LogP) is 5.66. The summed E-state index contributed by atoms with van der Waals surface area (Å²) in [5.41, 5.74) is 4.36. The van der Waals surface area contributed by atoms with Gasteiger partial charge in [0.2, 0.25) is 0 Å². The molecule has 1 N–H and O–H groups in total. The Labute approximate surface area is 202 Å². The molecule has 3 rings (SSSR count). The van der Waals surface area contributed by atoms with Gasteiger partial charge in [0.25, 0.3) is 5.91 Å².